The molecule has 1 unspecified atom stereocenters. The lowest BCUT2D eigenvalue weighted by molar-refractivity contribution is 0.395. The molecule has 0 spiro atoms. The van der Waals surface area contributed by atoms with Crippen molar-refractivity contribution in [3.05, 3.63) is 17.7 Å². The van der Waals surface area contributed by atoms with Gasteiger partial charge in [-0.1, -0.05) is 0 Å². The van der Waals surface area contributed by atoms with Gasteiger partial charge in [-0.3, -0.25) is 0 Å². The predicted octanol–water partition coefficient (Wildman–Crippen LogP) is 0.649. The Bertz CT molecular complexity index is 324. The second-order valence-corrected chi connectivity index (χ2v) is 3.81. The molecule has 1 atom stereocenters. The molecule has 0 saturated heterocycles. The Morgan fingerprint density at radius 3 is 2.77 bits per heavy atom. The van der Waals surface area contributed by atoms with Crippen LogP contribution in [0.15, 0.2) is 6.20 Å². The van der Waals surface area contributed by atoms with E-state index in [4.69, 9.17) is 0 Å². The Kier molecular flexibility index (Phi) is 3.16. The lowest BCUT2D eigenvalue weighted by Gasteiger charge is -2.09. The predicted molar refractivity (Wildman–Crippen MR) is 49.0 cm³/mol. The molecule has 0 N–H and O–H groups in total. The van der Waals surface area contributed by atoms with Crippen molar-refractivity contribution in [3.8, 4) is 0 Å². The average Bonchev–Trinajstić information content (AvgIpc) is 2.30. The van der Waals surface area contributed by atoms with Gasteiger partial charge in [-0.25, -0.2) is 8.96 Å². The molecule has 0 aliphatic heterocycles. The molecule has 0 aromatic carbocycles. The van der Waals surface area contributed by atoms with E-state index < -0.39 is 11.4 Å². The standard InChI is InChI=1S/C7H12FN3OS/c1-6-9-4-7(5-10(2)3)11(6)13(8)12/h4H,5H2,1-3H3. The van der Waals surface area contributed by atoms with Gasteiger partial charge in [0.05, 0.1) is 11.9 Å². The summed E-state index contributed by atoms with van der Waals surface area (Å²) >= 11 is -2.51. The molecule has 1 heterocycles. The second-order valence-electron chi connectivity index (χ2n) is 3.04. The molecule has 0 bridgehead atoms. The summed E-state index contributed by atoms with van der Waals surface area (Å²) in [5, 5.41) is 0. The van der Waals surface area contributed by atoms with Gasteiger partial charge >= 0.3 is 11.4 Å². The van der Waals surface area contributed by atoms with Crippen LogP contribution >= 0.6 is 0 Å². The zero-order chi connectivity index (χ0) is 10.0. The van der Waals surface area contributed by atoms with Crippen LogP contribution in [0, 0.1) is 6.92 Å². The zero-order valence-corrected chi connectivity index (χ0v) is 8.64. The van der Waals surface area contributed by atoms with Crippen LogP contribution in [0.5, 0.6) is 0 Å². The van der Waals surface area contributed by atoms with E-state index in [0.29, 0.717) is 18.1 Å². The quantitative estimate of drug-likeness (QED) is 0.680. The molecular weight excluding hydrogens is 193 g/mol. The largest absolute Gasteiger partial charge is 0.309 e. The van der Waals surface area contributed by atoms with Gasteiger partial charge < -0.3 is 4.90 Å². The van der Waals surface area contributed by atoms with Crippen LogP contribution in [0.2, 0.25) is 0 Å². The fourth-order valence-electron chi connectivity index (χ4n) is 1.11. The van der Waals surface area contributed by atoms with Crippen LogP contribution in [-0.4, -0.2) is 32.2 Å². The van der Waals surface area contributed by atoms with Crippen LogP contribution in [-0.2, 0) is 17.9 Å². The second kappa shape index (κ2) is 3.97. The third-order valence-electron chi connectivity index (χ3n) is 1.58. The van der Waals surface area contributed by atoms with E-state index in [1.807, 2.05) is 19.0 Å². The van der Waals surface area contributed by atoms with Crippen molar-refractivity contribution in [2.24, 2.45) is 0 Å². The minimum Gasteiger partial charge on any atom is -0.304 e. The highest BCUT2D eigenvalue weighted by atomic mass is 32.2. The molecule has 0 amide bonds. The molecule has 1 aromatic rings. The highest BCUT2D eigenvalue weighted by Gasteiger charge is 2.12. The van der Waals surface area contributed by atoms with E-state index in [2.05, 4.69) is 4.98 Å². The van der Waals surface area contributed by atoms with Gasteiger partial charge in [0.1, 0.15) is 5.82 Å². The molecule has 0 radical (unpaired) electrons. The number of aromatic nitrogens is 2. The first-order valence-corrected chi connectivity index (χ1v) is 4.79. The Hall–Kier alpha value is -0.750. The van der Waals surface area contributed by atoms with Gasteiger partial charge in [-0.15, -0.1) is 3.89 Å². The lowest BCUT2D eigenvalue weighted by Crippen LogP contribution is -2.15. The summed E-state index contributed by atoms with van der Waals surface area (Å²) in [7, 11) is 3.71. The lowest BCUT2D eigenvalue weighted by atomic mass is 10.4. The topological polar surface area (TPSA) is 38.1 Å². The SMILES string of the molecule is Cc1ncc(CN(C)C)n1S(=O)F. The highest BCUT2D eigenvalue weighted by molar-refractivity contribution is 7.78. The minimum atomic E-state index is -2.51. The first kappa shape index (κ1) is 10.3. The van der Waals surface area contributed by atoms with Crippen molar-refractivity contribution < 1.29 is 8.09 Å². The summed E-state index contributed by atoms with van der Waals surface area (Å²) in [4.78, 5) is 5.76. The molecule has 0 fully saturated rings. The van der Waals surface area contributed by atoms with Crippen LogP contribution in [0.4, 0.5) is 3.89 Å². The number of imidazole rings is 1. The van der Waals surface area contributed by atoms with Crippen molar-refractivity contribution in [2.75, 3.05) is 14.1 Å². The highest BCUT2D eigenvalue weighted by Crippen LogP contribution is 2.08. The van der Waals surface area contributed by atoms with E-state index in [1.54, 1.807) is 6.92 Å². The smallest absolute Gasteiger partial charge is 0.304 e. The third kappa shape index (κ3) is 2.35. The molecule has 74 valence electrons. The molecule has 4 nitrogen and oxygen atoms in total. The van der Waals surface area contributed by atoms with E-state index in [1.165, 1.54) is 6.20 Å². The Morgan fingerprint density at radius 2 is 2.31 bits per heavy atom. The number of rotatable bonds is 3. The van der Waals surface area contributed by atoms with Crippen LogP contribution in [0.1, 0.15) is 11.5 Å². The molecule has 0 saturated carbocycles. The Morgan fingerprint density at radius 1 is 1.69 bits per heavy atom. The van der Waals surface area contributed by atoms with Gasteiger partial charge in [0.2, 0.25) is 0 Å². The van der Waals surface area contributed by atoms with Crippen molar-refractivity contribution in [1.82, 2.24) is 13.9 Å². The molecule has 13 heavy (non-hydrogen) atoms. The monoisotopic (exact) mass is 205 g/mol. The number of halogens is 1. The first-order valence-electron chi connectivity index (χ1n) is 3.79. The van der Waals surface area contributed by atoms with E-state index >= 15 is 0 Å². The summed E-state index contributed by atoms with van der Waals surface area (Å²) in [6.07, 6.45) is 1.53. The van der Waals surface area contributed by atoms with Crippen LogP contribution < -0.4 is 0 Å². The Balaban J connectivity index is 3.00. The summed E-state index contributed by atoms with van der Waals surface area (Å²) in [6, 6.07) is 0. The molecule has 1 rings (SSSR count). The van der Waals surface area contributed by atoms with Crippen molar-refractivity contribution in [1.29, 1.82) is 0 Å². The maximum absolute atomic E-state index is 12.6. The maximum Gasteiger partial charge on any atom is 0.309 e. The van der Waals surface area contributed by atoms with Gasteiger partial charge in [-0.05, 0) is 21.0 Å². The number of nitrogens with zero attached hydrogens (tertiary/aromatic N) is 3. The molecular formula is C7H12FN3OS. The molecule has 6 heteroatoms. The normalized spacial score (nSPS) is 13.6. The van der Waals surface area contributed by atoms with Crippen molar-refractivity contribution in [3.63, 3.8) is 0 Å². The van der Waals surface area contributed by atoms with Gasteiger partial charge in [0, 0.05) is 6.54 Å². The average molecular weight is 205 g/mol. The Labute approximate surface area is 79.3 Å². The fraction of sp³-hybridized carbons (Fsp3) is 0.571. The summed E-state index contributed by atoms with van der Waals surface area (Å²) < 4.78 is 24.4. The van der Waals surface area contributed by atoms with Crippen LogP contribution in [0.3, 0.4) is 0 Å². The third-order valence-corrected chi connectivity index (χ3v) is 2.36. The number of hydrogen-bond acceptors (Lipinski definition) is 3. The van der Waals surface area contributed by atoms with Crippen LogP contribution in [0.25, 0.3) is 0 Å². The van der Waals surface area contributed by atoms with Crippen molar-refractivity contribution in [2.45, 2.75) is 13.5 Å². The summed E-state index contributed by atoms with van der Waals surface area (Å²) in [5.41, 5.74) is 0.614. The first-order chi connectivity index (χ1) is 6.02. The molecule has 0 aliphatic carbocycles. The van der Waals surface area contributed by atoms with E-state index in [0.717, 1.165) is 3.97 Å². The van der Waals surface area contributed by atoms with Gasteiger partial charge in [0.15, 0.2) is 0 Å². The van der Waals surface area contributed by atoms with E-state index in [9.17, 15) is 8.09 Å². The zero-order valence-electron chi connectivity index (χ0n) is 7.82. The van der Waals surface area contributed by atoms with Gasteiger partial charge in [0.25, 0.3) is 0 Å². The fourth-order valence-corrected chi connectivity index (χ4v) is 1.65. The minimum absolute atomic E-state index is 0.428. The van der Waals surface area contributed by atoms with Gasteiger partial charge in [-0.2, -0.15) is 4.21 Å². The maximum atomic E-state index is 12.6. The summed E-state index contributed by atoms with van der Waals surface area (Å²) in [6.45, 7) is 2.15. The molecule has 1 aromatic heterocycles. The van der Waals surface area contributed by atoms with E-state index in [-0.39, 0.29) is 0 Å². The molecule has 0 aliphatic rings. The van der Waals surface area contributed by atoms with Crippen molar-refractivity contribution >= 4 is 11.4 Å². The summed E-state index contributed by atoms with van der Waals surface area (Å²) in [5.74, 6) is 0.428. The number of hydrogen-bond donors (Lipinski definition) is 0. The number of aryl methyl sites for hydroxylation is 1.